The van der Waals surface area contributed by atoms with Crippen LogP contribution in [0.3, 0.4) is 0 Å². The Morgan fingerprint density at radius 2 is 2.00 bits per heavy atom. The van der Waals surface area contributed by atoms with Crippen LogP contribution in [0.5, 0.6) is 5.88 Å². The summed E-state index contributed by atoms with van der Waals surface area (Å²) in [6.45, 7) is -2.98. The Kier molecular flexibility index (Phi) is 6.75. The second-order valence-corrected chi connectivity index (χ2v) is 6.35. The highest BCUT2D eigenvalue weighted by molar-refractivity contribution is 5.93. The van der Waals surface area contributed by atoms with Crippen LogP contribution < -0.4 is 15.1 Å². The molecular formula is C20H17F3N6O2. The van der Waals surface area contributed by atoms with E-state index < -0.39 is 18.3 Å². The first-order valence-electron chi connectivity index (χ1n) is 8.87. The molecule has 1 amide bonds. The zero-order chi connectivity index (χ0) is 22.4. The molecule has 0 fully saturated rings. The van der Waals surface area contributed by atoms with E-state index in [1.54, 1.807) is 17.0 Å². The van der Waals surface area contributed by atoms with E-state index >= 15 is 0 Å². The van der Waals surface area contributed by atoms with Crippen molar-refractivity contribution in [1.29, 1.82) is 0 Å². The van der Waals surface area contributed by atoms with Crippen LogP contribution in [-0.4, -0.2) is 47.8 Å². The van der Waals surface area contributed by atoms with Crippen LogP contribution in [0.2, 0.25) is 0 Å². The van der Waals surface area contributed by atoms with Crippen LogP contribution in [0.15, 0.2) is 54.0 Å². The molecule has 3 rings (SSSR count). The maximum Gasteiger partial charge on any atom is 0.388 e. The minimum absolute atomic E-state index is 0.0509. The van der Waals surface area contributed by atoms with Gasteiger partial charge in [0.15, 0.2) is 0 Å². The average Bonchev–Trinajstić information content (AvgIpc) is 2.75. The predicted molar refractivity (Wildman–Crippen MR) is 108 cm³/mol. The predicted octanol–water partition coefficient (Wildman–Crippen LogP) is 3.11. The number of pyridine rings is 1. The van der Waals surface area contributed by atoms with Crippen molar-refractivity contribution in [1.82, 2.24) is 20.4 Å². The van der Waals surface area contributed by atoms with E-state index in [0.29, 0.717) is 5.56 Å². The van der Waals surface area contributed by atoms with Crippen molar-refractivity contribution in [3.63, 3.8) is 0 Å². The van der Waals surface area contributed by atoms with Crippen molar-refractivity contribution in [2.24, 2.45) is 5.10 Å². The lowest BCUT2D eigenvalue weighted by Crippen LogP contribution is -2.19. The molecule has 0 radical (unpaired) electrons. The summed E-state index contributed by atoms with van der Waals surface area (Å²) in [7, 11) is 3.63. The molecule has 0 aliphatic heterocycles. The van der Waals surface area contributed by atoms with Gasteiger partial charge in [0.1, 0.15) is 11.5 Å². The molecule has 2 heterocycles. The van der Waals surface area contributed by atoms with Gasteiger partial charge in [0, 0.05) is 43.2 Å². The Morgan fingerprint density at radius 1 is 1.19 bits per heavy atom. The Labute approximate surface area is 175 Å². The molecule has 0 saturated carbocycles. The lowest BCUT2D eigenvalue weighted by atomic mass is 10.2. The molecule has 2 aromatic heterocycles. The molecular weight excluding hydrogens is 413 g/mol. The summed E-state index contributed by atoms with van der Waals surface area (Å²) in [4.78, 5) is 26.0. The summed E-state index contributed by atoms with van der Waals surface area (Å²) in [5.74, 6) is -1.40. The third-order valence-electron chi connectivity index (χ3n) is 3.97. The molecule has 8 nitrogen and oxygen atoms in total. The number of hydrazone groups is 1. The summed E-state index contributed by atoms with van der Waals surface area (Å²) >= 11 is 0. The summed E-state index contributed by atoms with van der Waals surface area (Å²) in [5, 5.41) is 3.77. The van der Waals surface area contributed by atoms with Gasteiger partial charge in [-0.25, -0.2) is 19.8 Å². The third-order valence-corrected chi connectivity index (χ3v) is 3.97. The van der Waals surface area contributed by atoms with E-state index in [0.717, 1.165) is 5.69 Å². The molecule has 160 valence electrons. The first-order valence-corrected chi connectivity index (χ1v) is 8.87. The Hall–Kier alpha value is -4.02. The van der Waals surface area contributed by atoms with E-state index in [9.17, 15) is 18.0 Å². The molecule has 11 heteroatoms. The van der Waals surface area contributed by atoms with Gasteiger partial charge in [0.05, 0.1) is 24.3 Å². The largest absolute Gasteiger partial charge is 0.417 e. The average molecular weight is 430 g/mol. The lowest BCUT2D eigenvalue weighted by Gasteiger charge is -2.12. The van der Waals surface area contributed by atoms with Crippen molar-refractivity contribution in [2.45, 2.75) is 6.61 Å². The molecule has 0 aliphatic rings. The number of hydrogen-bond acceptors (Lipinski definition) is 7. The number of aromatic nitrogens is 3. The number of benzene rings is 1. The second kappa shape index (κ2) is 9.65. The van der Waals surface area contributed by atoms with Crippen molar-refractivity contribution < 1.29 is 22.7 Å². The standard InChI is InChI=1S/C20H17F3N6O2/c1-29(2)14-4-5-15(21)13(7-14)9-26-28-19(30)17-11-24-10-16(27-17)12-3-6-18(25-8-12)31-20(22)23/h3-11,20H,1-2H3,(H,28,30)/b26-9+. The lowest BCUT2D eigenvalue weighted by molar-refractivity contribution is -0.0528. The van der Waals surface area contributed by atoms with Crippen LogP contribution >= 0.6 is 0 Å². The number of alkyl halides is 2. The summed E-state index contributed by atoms with van der Waals surface area (Å²) < 4.78 is 42.5. The number of rotatable bonds is 7. The highest BCUT2D eigenvalue weighted by Crippen LogP contribution is 2.19. The number of amides is 1. The normalized spacial score (nSPS) is 11.0. The molecule has 31 heavy (non-hydrogen) atoms. The Balaban J connectivity index is 1.71. The maximum absolute atomic E-state index is 13.9. The van der Waals surface area contributed by atoms with Gasteiger partial charge in [0.2, 0.25) is 5.88 Å². The van der Waals surface area contributed by atoms with Crippen LogP contribution in [0.1, 0.15) is 16.1 Å². The number of nitrogens with zero attached hydrogens (tertiary/aromatic N) is 5. The van der Waals surface area contributed by atoms with Crippen molar-refractivity contribution in [3.8, 4) is 17.1 Å². The van der Waals surface area contributed by atoms with Crippen LogP contribution in [-0.2, 0) is 0 Å². The zero-order valence-corrected chi connectivity index (χ0v) is 16.5. The van der Waals surface area contributed by atoms with E-state index in [-0.39, 0.29) is 22.8 Å². The first kappa shape index (κ1) is 21.7. The molecule has 3 aromatic rings. The highest BCUT2D eigenvalue weighted by atomic mass is 19.3. The smallest absolute Gasteiger partial charge is 0.388 e. The molecule has 0 bridgehead atoms. The van der Waals surface area contributed by atoms with Gasteiger partial charge < -0.3 is 9.64 Å². The monoisotopic (exact) mass is 430 g/mol. The fourth-order valence-corrected chi connectivity index (χ4v) is 2.43. The number of carbonyl (C=O) groups is 1. The first-order chi connectivity index (χ1) is 14.8. The quantitative estimate of drug-likeness (QED) is 0.457. The molecule has 0 atom stereocenters. The van der Waals surface area contributed by atoms with Crippen molar-refractivity contribution in [3.05, 3.63) is 66.0 Å². The molecule has 1 aromatic carbocycles. The Morgan fingerprint density at radius 3 is 2.68 bits per heavy atom. The number of hydrogen-bond donors (Lipinski definition) is 1. The minimum Gasteiger partial charge on any atom is -0.417 e. The van der Waals surface area contributed by atoms with Crippen molar-refractivity contribution in [2.75, 3.05) is 19.0 Å². The molecule has 0 aliphatic carbocycles. The second-order valence-electron chi connectivity index (χ2n) is 6.35. The topological polar surface area (TPSA) is 92.6 Å². The number of nitrogens with one attached hydrogen (secondary N) is 1. The fraction of sp³-hybridized carbons (Fsp3) is 0.150. The number of halogens is 3. The van der Waals surface area contributed by atoms with Gasteiger partial charge in [-0.05, 0) is 24.3 Å². The summed E-state index contributed by atoms with van der Waals surface area (Å²) in [6, 6.07) is 7.21. The van der Waals surface area contributed by atoms with E-state index in [4.69, 9.17) is 0 Å². The maximum atomic E-state index is 13.9. The van der Waals surface area contributed by atoms with Gasteiger partial charge in [-0.1, -0.05) is 0 Å². The SMILES string of the molecule is CN(C)c1ccc(F)c(/C=N/NC(=O)c2cncc(-c3ccc(OC(F)F)nc3)n2)c1. The van der Waals surface area contributed by atoms with Gasteiger partial charge in [-0.15, -0.1) is 0 Å². The third kappa shape index (κ3) is 5.75. The summed E-state index contributed by atoms with van der Waals surface area (Å²) in [5.41, 5.74) is 3.91. The van der Waals surface area contributed by atoms with E-state index in [1.165, 1.54) is 43.0 Å². The number of carbonyl (C=O) groups excluding carboxylic acids is 1. The highest BCUT2D eigenvalue weighted by Gasteiger charge is 2.11. The van der Waals surface area contributed by atoms with Crippen LogP contribution in [0, 0.1) is 5.82 Å². The van der Waals surface area contributed by atoms with Crippen LogP contribution in [0.4, 0.5) is 18.9 Å². The molecule has 1 N–H and O–H groups in total. The molecule has 0 unspecified atom stereocenters. The van der Waals surface area contributed by atoms with E-state index in [1.807, 2.05) is 14.1 Å². The van der Waals surface area contributed by atoms with Gasteiger partial charge >= 0.3 is 6.61 Å². The Bertz CT molecular complexity index is 1090. The van der Waals surface area contributed by atoms with E-state index in [2.05, 4.69) is 30.2 Å². The van der Waals surface area contributed by atoms with Crippen LogP contribution in [0.25, 0.3) is 11.3 Å². The number of anilines is 1. The summed E-state index contributed by atoms with van der Waals surface area (Å²) in [6.07, 6.45) is 5.06. The zero-order valence-electron chi connectivity index (χ0n) is 16.5. The fourth-order valence-electron chi connectivity index (χ4n) is 2.43. The molecule has 0 saturated heterocycles. The minimum atomic E-state index is -2.98. The number of ether oxygens (including phenoxy) is 1. The molecule has 0 spiro atoms. The van der Waals surface area contributed by atoms with Crippen molar-refractivity contribution >= 4 is 17.8 Å². The van der Waals surface area contributed by atoms with Gasteiger partial charge in [-0.2, -0.15) is 13.9 Å². The van der Waals surface area contributed by atoms with Gasteiger partial charge in [0.25, 0.3) is 5.91 Å². The van der Waals surface area contributed by atoms with Gasteiger partial charge in [-0.3, -0.25) is 9.78 Å².